The van der Waals surface area contributed by atoms with Crippen molar-refractivity contribution in [1.29, 1.82) is 0 Å². The summed E-state index contributed by atoms with van der Waals surface area (Å²) in [6, 6.07) is 0. The van der Waals surface area contributed by atoms with Crippen LogP contribution in [0.25, 0.3) is 0 Å². The van der Waals surface area contributed by atoms with Crippen molar-refractivity contribution in [2.45, 2.75) is 0 Å². The van der Waals surface area contributed by atoms with E-state index in [1.165, 1.54) is 0 Å². The molecule has 0 N–H and O–H groups in total. The van der Waals surface area contributed by atoms with E-state index in [0.29, 0.717) is 6.61 Å². The molecule has 0 fully saturated rings. The first-order chi connectivity index (χ1) is 3.31. The Morgan fingerprint density at radius 2 is 2.43 bits per heavy atom. The van der Waals surface area contributed by atoms with Gasteiger partial charge in [-0.2, -0.15) is 0 Å². The quantitative estimate of drug-likeness (QED) is 0.530. The van der Waals surface area contributed by atoms with E-state index in [9.17, 15) is 0 Å². The van der Waals surface area contributed by atoms with Crippen molar-refractivity contribution in [3.63, 3.8) is 0 Å². The lowest BCUT2D eigenvalue weighted by molar-refractivity contribution is 0.248. The molecule has 0 bridgehead atoms. The van der Waals surface area contributed by atoms with Crippen molar-refractivity contribution in [3.05, 3.63) is 0 Å². The minimum atomic E-state index is 0.594. The van der Waals surface area contributed by atoms with Crippen LogP contribution in [0.1, 0.15) is 0 Å². The van der Waals surface area contributed by atoms with Gasteiger partial charge in [-0.25, -0.2) is 0 Å². The molecule has 3 heteroatoms. The molecule has 0 saturated heterocycles. The van der Waals surface area contributed by atoms with E-state index < -0.39 is 0 Å². The zero-order valence-corrected chi connectivity index (χ0v) is 6.06. The molecular weight excluding hydrogens is 128 g/mol. The van der Waals surface area contributed by atoms with Crippen molar-refractivity contribution in [1.82, 2.24) is 0 Å². The molecule has 42 valence electrons. The average Bonchev–Trinajstić information content (AvgIpc) is 1.68. The number of hydrogen-bond donors (Lipinski definition) is 0. The van der Waals surface area contributed by atoms with Gasteiger partial charge < -0.3 is 4.74 Å². The van der Waals surface area contributed by atoms with Crippen molar-refractivity contribution in [2.75, 3.05) is 20.0 Å². The minimum absolute atomic E-state index is 0.594. The Bertz CT molecular complexity index is 62.7. The molecule has 0 rings (SSSR count). The molecule has 0 aliphatic carbocycles. The highest BCUT2D eigenvalue weighted by Crippen LogP contribution is 1.96. The average molecular weight is 136 g/mol. The Labute approximate surface area is 53.4 Å². The molecule has 0 aromatic rings. The lowest BCUT2D eigenvalue weighted by Gasteiger charge is -1.93. The van der Waals surface area contributed by atoms with Crippen LogP contribution in [0.2, 0.25) is 0 Å². The van der Waals surface area contributed by atoms with Gasteiger partial charge in [-0.15, -0.1) is 11.8 Å². The molecule has 0 atom stereocenters. The van der Waals surface area contributed by atoms with Crippen LogP contribution in [0.5, 0.6) is 0 Å². The van der Waals surface area contributed by atoms with Crippen LogP contribution in [0.4, 0.5) is 0 Å². The normalized spacial score (nSPS) is 8.86. The number of methoxy groups -OCH3 is 1. The molecule has 7 heavy (non-hydrogen) atoms. The molecule has 0 radical (unpaired) electrons. The molecule has 0 aliphatic heterocycles. The number of hydrogen-bond acceptors (Lipinski definition) is 3. The molecule has 0 heterocycles. The monoisotopic (exact) mass is 136 g/mol. The fourth-order valence-electron chi connectivity index (χ4n) is 0.177. The minimum Gasteiger partial charge on any atom is -0.379 e. The Balaban J connectivity index is 3.00. The van der Waals surface area contributed by atoms with Crippen LogP contribution in [0, 0.1) is 0 Å². The highest BCUT2D eigenvalue weighted by Gasteiger charge is 1.87. The van der Waals surface area contributed by atoms with Crippen molar-refractivity contribution in [3.8, 4) is 0 Å². The Morgan fingerprint density at radius 3 is 2.57 bits per heavy atom. The first-order valence-electron chi connectivity index (χ1n) is 1.87. The van der Waals surface area contributed by atoms with Gasteiger partial charge in [0.15, 0.2) is 0 Å². The van der Waals surface area contributed by atoms with E-state index in [0.717, 1.165) is 4.20 Å². The highest BCUT2D eigenvalue weighted by molar-refractivity contribution is 8.22. The van der Waals surface area contributed by atoms with Crippen molar-refractivity contribution in [2.24, 2.45) is 0 Å². The molecule has 1 nitrogen and oxygen atoms in total. The van der Waals surface area contributed by atoms with Gasteiger partial charge in [-0.3, -0.25) is 0 Å². The van der Waals surface area contributed by atoms with Crippen LogP contribution >= 0.6 is 24.0 Å². The molecule has 0 spiro atoms. The standard InChI is InChI=1S/C4H8OS2/c1-5-3-4(6)7-2/h3H2,1-2H3. The summed E-state index contributed by atoms with van der Waals surface area (Å²) in [4.78, 5) is 0. The molecule has 0 aromatic heterocycles. The lowest BCUT2D eigenvalue weighted by Crippen LogP contribution is -1.96. The first kappa shape index (κ1) is 7.40. The van der Waals surface area contributed by atoms with Gasteiger partial charge >= 0.3 is 0 Å². The summed E-state index contributed by atoms with van der Waals surface area (Å²) in [5.41, 5.74) is 0. The third kappa shape index (κ3) is 4.25. The summed E-state index contributed by atoms with van der Waals surface area (Å²) in [6.45, 7) is 0.594. The molecular formula is C4H8OS2. The second kappa shape index (κ2) is 4.56. The summed E-state index contributed by atoms with van der Waals surface area (Å²) in [6.07, 6.45) is 1.95. The largest absolute Gasteiger partial charge is 0.379 e. The Morgan fingerprint density at radius 1 is 1.86 bits per heavy atom. The summed E-state index contributed by atoms with van der Waals surface area (Å²) in [7, 11) is 1.64. The van der Waals surface area contributed by atoms with Gasteiger partial charge in [0.2, 0.25) is 0 Å². The maximum atomic E-state index is 4.79. The van der Waals surface area contributed by atoms with Crippen LogP contribution in [-0.4, -0.2) is 24.2 Å². The van der Waals surface area contributed by atoms with E-state index in [1.54, 1.807) is 18.9 Å². The van der Waals surface area contributed by atoms with Gasteiger partial charge in [-0.05, 0) is 6.26 Å². The topological polar surface area (TPSA) is 9.23 Å². The summed E-state index contributed by atoms with van der Waals surface area (Å²) in [5, 5.41) is 0. The molecule has 0 unspecified atom stereocenters. The zero-order valence-electron chi connectivity index (χ0n) is 4.43. The highest BCUT2D eigenvalue weighted by atomic mass is 32.2. The SMILES string of the molecule is COCC(=S)SC. The van der Waals surface area contributed by atoms with Crippen LogP contribution in [0.15, 0.2) is 0 Å². The predicted molar refractivity (Wildman–Crippen MR) is 38.0 cm³/mol. The van der Waals surface area contributed by atoms with E-state index in [4.69, 9.17) is 17.0 Å². The Hall–Kier alpha value is 0.400. The number of rotatable bonds is 2. The van der Waals surface area contributed by atoms with Crippen LogP contribution in [-0.2, 0) is 4.74 Å². The maximum Gasteiger partial charge on any atom is 0.0873 e. The Kier molecular flexibility index (Phi) is 4.82. The fraction of sp³-hybridized carbons (Fsp3) is 0.750. The smallest absolute Gasteiger partial charge is 0.0873 e. The predicted octanol–water partition coefficient (Wildman–Crippen LogP) is 1.32. The maximum absolute atomic E-state index is 4.79. The molecule has 0 aromatic carbocycles. The third-order valence-corrected chi connectivity index (χ3v) is 1.68. The second-order valence-electron chi connectivity index (χ2n) is 1.01. The molecule has 0 amide bonds. The lowest BCUT2D eigenvalue weighted by atomic mass is 10.9. The first-order valence-corrected chi connectivity index (χ1v) is 3.50. The molecule has 0 saturated carbocycles. The van der Waals surface area contributed by atoms with Gasteiger partial charge in [-0.1, -0.05) is 12.2 Å². The second-order valence-corrected chi connectivity index (χ2v) is 2.66. The third-order valence-electron chi connectivity index (χ3n) is 0.490. The number of thiocarbonyl (C=S) groups is 1. The summed E-state index contributed by atoms with van der Waals surface area (Å²) >= 11 is 6.35. The van der Waals surface area contributed by atoms with Crippen LogP contribution < -0.4 is 0 Å². The zero-order chi connectivity index (χ0) is 5.70. The fourth-order valence-corrected chi connectivity index (χ4v) is 0.530. The van der Waals surface area contributed by atoms with Gasteiger partial charge in [0.05, 0.1) is 10.8 Å². The van der Waals surface area contributed by atoms with Crippen molar-refractivity contribution >= 4 is 28.2 Å². The summed E-state index contributed by atoms with van der Waals surface area (Å²) in [5.74, 6) is 0. The van der Waals surface area contributed by atoms with E-state index in [2.05, 4.69) is 0 Å². The van der Waals surface area contributed by atoms with E-state index in [-0.39, 0.29) is 0 Å². The van der Waals surface area contributed by atoms with Crippen LogP contribution in [0.3, 0.4) is 0 Å². The van der Waals surface area contributed by atoms with E-state index >= 15 is 0 Å². The summed E-state index contributed by atoms with van der Waals surface area (Å²) < 4.78 is 5.64. The van der Waals surface area contributed by atoms with Crippen molar-refractivity contribution < 1.29 is 4.74 Å². The molecule has 0 aliphatic rings. The van der Waals surface area contributed by atoms with Gasteiger partial charge in [0.1, 0.15) is 0 Å². The van der Waals surface area contributed by atoms with E-state index in [1.807, 2.05) is 6.26 Å². The van der Waals surface area contributed by atoms with Gasteiger partial charge in [0.25, 0.3) is 0 Å². The van der Waals surface area contributed by atoms with Gasteiger partial charge in [0, 0.05) is 7.11 Å². The number of thioether (sulfide) groups is 1. The number of ether oxygens (including phenoxy) is 1.